The van der Waals surface area contributed by atoms with Gasteiger partial charge in [0.2, 0.25) is 0 Å². The van der Waals surface area contributed by atoms with Gasteiger partial charge < -0.3 is 5.73 Å². The molecule has 1 aromatic carbocycles. The maximum Gasteiger partial charge on any atom is 0.123 e. The van der Waals surface area contributed by atoms with Crippen LogP contribution in [0.5, 0.6) is 0 Å². The van der Waals surface area contributed by atoms with Gasteiger partial charge in [0, 0.05) is 10.5 Å². The molecule has 1 aliphatic heterocycles. The fraction of sp³-hybridized carbons (Fsp3) is 0.538. The Morgan fingerprint density at radius 2 is 2.29 bits per heavy atom. The molecule has 0 bridgehead atoms. The van der Waals surface area contributed by atoms with E-state index in [0.29, 0.717) is 0 Å². The van der Waals surface area contributed by atoms with Crippen molar-refractivity contribution in [2.45, 2.75) is 31.8 Å². The van der Waals surface area contributed by atoms with Crippen LogP contribution in [-0.2, 0) is 0 Å². The van der Waals surface area contributed by atoms with E-state index >= 15 is 0 Å². The van der Waals surface area contributed by atoms with Gasteiger partial charge in [-0.1, -0.05) is 22.9 Å². The molecule has 17 heavy (non-hydrogen) atoms. The van der Waals surface area contributed by atoms with Gasteiger partial charge in [-0.3, -0.25) is 4.90 Å². The third-order valence-corrected chi connectivity index (χ3v) is 4.19. The molecule has 2 atom stereocenters. The minimum atomic E-state index is -0.197. The van der Waals surface area contributed by atoms with Crippen molar-refractivity contribution in [2.75, 3.05) is 13.1 Å². The Morgan fingerprint density at radius 3 is 3.00 bits per heavy atom. The Kier molecular flexibility index (Phi) is 4.17. The molecule has 94 valence electrons. The number of likely N-dealkylation sites (N-methyl/N-ethyl adjacent to an activating group) is 1. The summed E-state index contributed by atoms with van der Waals surface area (Å²) in [7, 11) is 0. The molecule has 1 aliphatic rings. The Labute approximate surface area is 110 Å². The largest absolute Gasteiger partial charge is 0.326 e. The van der Waals surface area contributed by atoms with Gasteiger partial charge in [0.1, 0.15) is 5.82 Å². The second kappa shape index (κ2) is 5.46. The molecule has 2 rings (SSSR count). The van der Waals surface area contributed by atoms with Gasteiger partial charge in [0.25, 0.3) is 0 Å². The predicted molar refractivity (Wildman–Crippen MR) is 71.3 cm³/mol. The lowest BCUT2D eigenvalue weighted by Gasteiger charge is -2.40. The highest BCUT2D eigenvalue weighted by Gasteiger charge is 2.30. The van der Waals surface area contributed by atoms with Crippen molar-refractivity contribution in [1.82, 2.24) is 4.90 Å². The first-order valence-electron chi connectivity index (χ1n) is 6.08. The summed E-state index contributed by atoms with van der Waals surface area (Å²) in [6.07, 6.45) is 2.13. The van der Waals surface area contributed by atoms with Crippen molar-refractivity contribution < 1.29 is 4.39 Å². The molecular weight excluding hydrogens is 283 g/mol. The maximum absolute atomic E-state index is 13.4. The summed E-state index contributed by atoms with van der Waals surface area (Å²) in [5, 5.41) is 0. The SMILES string of the molecule is CCN1CCCC(N)C1c1cc(F)ccc1Br. The van der Waals surface area contributed by atoms with E-state index in [1.54, 1.807) is 12.1 Å². The van der Waals surface area contributed by atoms with Crippen LogP contribution < -0.4 is 5.73 Å². The molecule has 4 heteroatoms. The van der Waals surface area contributed by atoms with Gasteiger partial charge in [-0.2, -0.15) is 0 Å². The number of rotatable bonds is 2. The molecule has 0 aliphatic carbocycles. The van der Waals surface area contributed by atoms with E-state index in [1.807, 2.05) is 0 Å². The second-order valence-electron chi connectivity index (χ2n) is 4.55. The van der Waals surface area contributed by atoms with Gasteiger partial charge >= 0.3 is 0 Å². The number of hydrogen-bond acceptors (Lipinski definition) is 2. The molecule has 1 heterocycles. The zero-order chi connectivity index (χ0) is 12.4. The first-order chi connectivity index (χ1) is 8.13. The average molecular weight is 301 g/mol. The molecule has 0 amide bonds. The number of nitrogens with two attached hydrogens (primary N) is 1. The van der Waals surface area contributed by atoms with Crippen molar-refractivity contribution in [3.05, 3.63) is 34.1 Å². The second-order valence-corrected chi connectivity index (χ2v) is 5.40. The molecular formula is C13H18BrFN2. The number of likely N-dealkylation sites (tertiary alicyclic amines) is 1. The van der Waals surface area contributed by atoms with Crippen LogP contribution in [0.4, 0.5) is 4.39 Å². The third kappa shape index (κ3) is 2.69. The maximum atomic E-state index is 13.4. The molecule has 0 spiro atoms. The van der Waals surface area contributed by atoms with E-state index in [0.717, 1.165) is 36.0 Å². The first-order valence-corrected chi connectivity index (χ1v) is 6.87. The Morgan fingerprint density at radius 1 is 1.53 bits per heavy atom. The van der Waals surface area contributed by atoms with E-state index in [1.165, 1.54) is 6.07 Å². The van der Waals surface area contributed by atoms with Gasteiger partial charge in [-0.05, 0) is 49.7 Å². The van der Waals surface area contributed by atoms with Gasteiger partial charge in [-0.25, -0.2) is 4.39 Å². The number of hydrogen-bond donors (Lipinski definition) is 1. The normalized spacial score (nSPS) is 26.1. The molecule has 0 saturated carbocycles. The van der Waals surface area contributed by atoms with E-state index in [-0.39, 0.29) is 17.9 Å². The Hall–Kier alpha value is -0.450. The van der Waals surface area contributed by atoms with Crippen molar-refractivity contribution in [1.29, 1.82) is 0 Å². The lowest BCUT2D eigenvalue weighted by Crippen LogP contribution is -2.45. The Bertz CT molecular complexity index is 397. The summed E-state index contributed by atoms with van der Waals surface area (Å²) in [5.41, 5.74) is 7.18. The van der Waals surface area contributed by atoms with Crippen LogP contribution in [-0.4, -0.2) is 24.0 Å². The molecule has 1 aromatic rings. The predicted octanol–water partition coefficient (Wildman–Crippen LogP) is 3.07. The van der Waals surface area contributed by atoms with Gasteiger partial charge in [-0.15, -0.1) is 0 Å². The van der Waals surface area contributed by atoms with Crippen LogP contribution in [0.3, 0.4) is 0 Å². The molecule has 1 fully saturated rings. The quantitative estimate of drug-likeness (QED) is 0.909. The van der Waals surface area contributed by atoms with Crippen LogP contribution in [0.15, 0.2) is 22.7 Å². The van der Waals surface area contributed by atoms with Crippen LogP contribution in [0.25, 0.3) is 0 Å². The molecule has 0 radical (unpaired) electrons. The average Bonchev–Trinajstić information content (AvgIpc) is 2.32. The van der Waals surface area contributed by atoms with E-state index in [4.69, 9.17) is 5.73 Å². The van der Waals surface area contributed by atoms with Crippen LogP contribution in [0.1, 0.15) is 31.4 Å². The fourth-order valence-electron chi connectivity index (χ4n) is 2.62. The topological polar surface area (TPSA) is 29.3 Å². The summed E-state index contributed by atoms with van der Waals surface area (Å²) < 4.78 is 14.3. The molecule has 2 N–H and O–H groups in total. The minimum absolute atomic E-state index is 0.0850. The third-order valence-electron chi connectivity index (χ3n) is 3.46. The summed E-state index contributed by atoms with van der Waals surface area (Å²) >= 11 is 3.50. The zero-order valence-corrected chi connectivity index (χ0v) is 11.6. The van der Waals surface area contributed by atoms with Crippen LogP contribution >= 0.6 is 15.9 Å². The zero-order valence-electron chi connectivity index (χ0n) is 10.00. The monoisotopic (exact) mass is 300 g/mol. The Balaban J connectivity index is 2.37. The molecule has 2 nitrogen and oxygen atoms in total. The van der Waals surface area contributed by atoms with Crippen LogP contribution in [0.2, 0.25) is 0 Å². The fourth-order valence-corrected chi connectivity index (χ4v) is 3.10. The van der Waals surface area contributed by atoms with Crippen molar-refractivity contribution >= 4 is 15.9 Å². The molecule has 2 unspecified atom stereocenters. The smallest absolute Gasteiger partial charge is 0.123 e. The van der Waals surface area contributed by atoms with E-state index in [9.17, 15) is 4.39 Å². The van der Waals surface area contributed by atoms with E-state index < -0.39 is 0 Å². The number of piperidine rings is 1. The van der Waals surface area contributed by atoms with Gasteiger partial charge in [0.15, 0.2) is 0 Å². The van der Waals surface area contributed by atoms with E-state index in [2.05, 4.69) is 27.8 Å². The highest BCUT2D eigenvalue weighted by Crippen LogP contribution is 2.34. The van der Waals surface area contributed by atoms with Crippen molar-refractivity contribution in [3.63, 3.8) is 0 Å². The molecule has 1 saturated heterocycles. The van der Waals surface area contributed by atoms with Crippen LogP contribution in [0, 0.1) is 5.82 Å². The minimum Gasteiger partial charge on any atom is -0.326 e. The number of halogens is 2. The number of nitrogens with zero attached hydrogens (tertiary/aromatic N) is 1. The lowest BCUT2D eigenvalue weighted by molar-refractivity contribution is 0.135. The molecule has 0 aromatic heterocycles. The first kappa shape index (κ1) is 13.0. The summed E-state index contributed by atoms with van der Waals surface area (Å²) in [6, 6.07) is 5.04. The highest BCUT2D eigenvalue weighted by atomic mass is 79.9. The standard InChI is InChI=1S/C13H18BrFN2/c1-2-17-7-3-4-12(16)13(17)10-8-9(15)5-6-11(10)14/h5-6,8,12-13H,2-4,7,16H2,1H3. The lowest BCUT2D eigenvalue weighted by atomic mass is 9.91. The van der Waals surface area contributed by atoms with Crippen molar-refractivity contribution in [2.24, 2.45) is 5.73 Å². The van der Waals surface area contributed by atoms with Crippen molar-refractivity contribution in [3.8, 4) is 0 Å². The highest BCUT2D eigenvalue weighted by molar-refractivity contribution is 9.10. The number of benzene rings is 1. The summed E-state index contributed by atoms with van der Waals surface area (Å²) in [6.45, 7) is 4.11. The summed E-state index contributed by atoms with van der Waals surface area (Å²) in [5.74, 6) is -0.197. The van der Waals surface area contributed by atoms with Gasteiger partial charge in [0.05, 0.1) is 6.04 Å². The summed E-state index contributed by atoms with van der Waals surface area (Å²) in [4.78, 5) is 2.33.